The topological polar surface area (TPSA) is 66.5 Å². The number of benzene rings is 1. The first-order chi connectivity index (χ1) is 10.8. The van der Waals surface area contributed by atoms with Crippen molar-refractivity contribution in [1.82, 2.24) is 9.62 Å². The van der Waals surface area contributed by atoms with E-state index in [0.29, 0.717) is 30.5 Å². The summed E-state index contributed by atoms with van der Waals surface area (Å²) in [4.78, 5) is 11.9. The summed E-state index contributed by atoms with van der Waals surface area (Å²) in [6.45, 7) is 5.22. The van der Waals surface area contributed by atoms with E-state index < -0.39 is 21.7 Å². The molecule has 1 aromatic rings. The zero-order valence-corrected chi connectivity index (χ0v) is 14.3. The van der Waals surface area contributed by atoms with Gasteiger partial charge >= 0.3 is 0 Å². The van der Waals surface area contributed by atoms with Crippen molar-refractivity contribution in [3.05, 3.63) is 35.6 Å². The Morgan fingerprint density at radius 2 is 1.78 bits per heavy atom. The molecule has 0 bridgehead atoms. The summed E-state index contributed by atoms with van der Waals surface area (Å²) in [5, 5.41) is 2.57. The quantitative estimate of drug-likeness (QED) is 0.888. The molecular formula is C16H23FN2O3S. The fourth-order valence-corrected chi connectivity index (χ4v) is 4.54. The Kier molecular flexibility index (Phi) is 5.75. The SMILES string of the molecule is C[C@@H]1C[C@H](C)CN(S(=O)(=O)CCNC(=O)c2ccc(F)cc2)C1. The van der Waals surface area contributed by atoms with Crippen molar-refractivity contribution in [2.45, 2.75) is 20.3 Å². The molecule has 1 aliphatic rings. The molecule has 0 unspecified atom stereocenters. The molecule has 1 saturated heterocycles. The second kappa shape index (κ2) is 7.40. The molecule has 1 aromatic carbocycles. The second-order valence-electron chi connectivity index (χ2n) is 6.34. The number of nitrogens with zero attached hydrogens (tertiary/aromatic N) is 1. The van der Waals surface area contributed by atoms with Gasteiger partial charge in [-0.25, -0.2) is 17.1 Å². The molecule has 1 heterocycles. The van der Waals surface area contributed by atoms with Crippen molar-refractivity contribution in [3.8, 4) is 0 Å². The van der Waals surface area contributed by atoms with Gasteiger partial charge < -0.3 is 5.32 Å². The van der Waals surface area contributed by atoms with E-state index in [-0.39, 0.29) is 12.3 Å². The van der Waals surface area contributed by atoms with Crippen LogP contribution < -0.4 is 5.32 Å². The summed E-state index contributed by atoms with van der Waals surface area (Å²) in [7, 11) is -3.38. The van der Waals surface area contributed by atoms with Crippen LogP contribution in [0, 0.1) is 17.7 Å². The summed E-state index contributed by atoms with van der Waals surface area (Å²) >= 11 is 0. The molecule has 1 aliphatic heterocycles. The van der Waals surface area contributed by atoms with Crippen LogP contribution in [0.1, 0.15) is 30.6 Å². The summed E-state index contributed by atoms with van der Waals surface area (Å²) in [5.74, 6) is -0.248. The van der Waals surface area contributed by atoms with Crippen LogP contribution in [-0.2, 0) is 10.0 Å². The largest absolute Gasteiger partial charge is 0.351 e. The molecule has 0 saturated carbocycles. The smallest absolute Gasteiger partial charge is 0.251 e. The molecular weight excluding hydrogens is 319 g/mol. The average Bonchev–Trinajstić information content (AvgIpc) is 2.46. The Morgan fingerprint density at radius 3 is 2.35 bits per heavy atom. The molecule has 0 aliphatic carbocycles. The van der Waals surface area contributed by atoms with Crippen molar-refractivity contribution >= 4 is 15.9 Å². The number of hydrogen-bond acceptors (Lipinski definition) is 3. The van der Waals surface area contributed by atoms with Crippen molar-refractivity contribution in [2.75, 3.05) is 25.4 Å². The van der Waals surface area contributed by atoms with E-state index in [2.05, 4.69) is 19.2 Å². The normalized spacial score (nSPS) is 22.7. The Morgan fingerprint density at radius 1 is 1.22 bits per heavy atom. The van der Waals surface area contributed by atoms with E-state index in [1.54, 1.807) is 0 Å². The van der Waals surface area contributed by atoms with Gasteiger partial charge in [-0.1, -0.05) is 13.8 Å². The molecule has 0 radical (unpaired) electrons. The first kappa shape index (κ1) is 17.9. The highest BCUT2D eigenvalue weighted by Gasteiger charge is 2.30. The highest BCUT2D eigenvalue weighted by molar-refractivity contribution is 7.89. The number of amides is 1. The monoisotopic (exact) mass is 342 g/mol. The van der Waals surface area contributed by atoms with Crippen molar-refractivity contribution in [1.29, 1.82) is 0 Å². The molecule has 1 amide bonds. The van der Waals surface area contributed by atoms with Crippen LogP contribution in [0.2, 0.25) is 0 Å². The van der Waals surface area contributed by atoms with Crippen molar-refractivity contribution < 1.29 is 17.6 Å². The van der Waals surface area contributed by atoms with Crippen LogP contribution in [0.15, 0.2) is 24.3 Å². The minimum Gasteiger partial charge on any atom is -0.351 e. The Balaban J connectivity index is 1.87. The van der Waals surface area contributed by atoms with E-state index >= 15 is 0 Å². The summed E-state index contributed by atoms with van der Waals surface area (Å²) in [6, 6.07) is 5.13. The maximum absolute atomic E-state index is 12.8. The maximum Gasteiger partial charge on any atom is 0.251 e. The zero-order chi connectivity index (χ0) is 17.0. The van der Waals surface area contributed by atoms with Crippen molar-refractivity contribution in [2.24, 2.45) is 11.8 Å². The van der Waals surface area contributed by atoms with E-state index in [1.807, 2.05) is 0 Å². The first-order valence-corrected chi connectivity index (χ1v) is 9.40. The molecule has 128 valence electrons. The highest BCUT2D eigenvalue weighted by Crippen LogP contribution is 2.23. The zero-order valence-electron chi connectivity index (χ0n) is 13.5. The van der Waals surface area contributed by atoms with Gasteiger partial charge in [-0.2, -0.15) is 0 Å². The lowest BCUT2D eigenvalue weighted by Crippen LogP contribution is -2.45. The van der Waals surface area contributed by atoms with E-state index in [1.165, 1.54) is 28.6 Å². The summed E-state index contributed by atoms with van der Waals surface area (Å²) in [5.41, 5.74) is 0.309. The standard InChI is InChI=1S/C16H23FN2O3S/c1-12-9-13(2)11-19(10-12)23(21,22)8-7-18-16(20)14-3-5-15(17)6-4-14/h3-6,12-13H,7-11H2,1-2H3,(H,18,20)/t12-,13+. The lowest BCUT2D eigenvalue weighted by Gasteiger charge is -2.34. The predicted molar refractivity (Wildman–Crippen MR) is 87.0 cm³/mol. The van der Waals surface area contributed by atoms with Gasteiger partial charge in [0, 0.05) is 25.2 Å². The Hall–Kier alpha value is -1.47. The molecule has 5 nitrogen and oxygen atoms in total. The van der Waals surface area contributed by atoms with Crippen LogP contribution >= 0.6 is 0 Å². The summed E-state index contributed by atoms with van der Waals surface area (Å²) < 4.78 is 39.1. The van der Waals surface area contributed by atoms with Crippen LogP contribution in [0.25, 0.3) is 0 Å². The van der Waals surface area contributed by atoms with Crippen LogP contribution in [0.4, 0.5) is 4.39 Å². The van der Waals surface area contributed by atoms with E-state index in [4.69, 9.17) is 0 Å². The second-order valence-corrected chi connectivity index (χ2v) is 8.43. The van der Waals surface area contributed by atoms with Gasteiger partial charge in [0.05, 0.1) is 5.75 Å². The molecule has 0 aromatic heterocycles. The lowest BCUT2D eigenvalue weighted by molar-refractivity contribution is 0.0956. The van der Waals surface area contributed by atoms with Gasteiger partial charge in [0.1, 0.15) is 5.82 Å². The average molecular weight is 342 g/mol. The summed E-state index contributed by atoms with van der Waals surface area (Å²) in [6.07, 6.45) is 1.04. The predicted octanol–water partition coefficient (Wildman–Crippen LogP) is 1.86. The van der Waals surface area contributed by atoms with Gasteiger partial charge in [0.2, 0.25) is 10.0 Å². The fraction of sp³-hybridized carbons (Fsp3) is 0.562. The number of halogens is 1. The highest BCUT2D eigenvalue weighted by atomic mass is 32.2. The molecule has 23 heavy (non-hydrogen) atoms. The molecule has 0 spiro atoms. The number of nitrogens with one attached hydrogen (secondary N) is 1. The number of carbonyl (C=O) groups is 1. The minimum atomic E-state index is -3.38. The number of hydrogen-bond donors (Lipinski definition) is 1. The maximum atomic E-state index is 12.8. The lowest BCUT2D eigenvalue weighted by atomic mass is 9.94. The van der Waals surface area contributed by atoms with Gasteiger partial charge in [0.25, 0.3) is 5.91 Å². The third kappa shape index (κ3) is 5.00. The number of carbonyl (C=O) groups excluding carboxylic acids is 1. The van der Waals surface area contributed by atoms with E-state index in [9.17, 15) is 17.6 Å². The van der Waals surface area contributed by atoms with Gasteiger partial charge in [-0.05, 0) is 42.5 Å². The van der Waals surface area contributed by atoms with Crippen LogP contribution in [0.5, 0.6) is 0 Å². The number of sulfonamides is 1. The van der Waals surface area contributed by atoms with Crippen molar-refractivity contribution in [3.63, 3.8) is 0 Å². The van der Waals surface area contributed by atoms with Gasteiger partial charge in [-0.15, -0.1) is 0 Å². The first-order valence-electron chi connectivity index (χ1n) is 7.79. The molecule has 7 heteroatoms. The number of rotatable bonds is 5. The molecule has 1 fully saturated rings. The van der Waals surface area contributed by atoms with Gasteiger partial charge in [0.15, 0.2) is 0 Å². The third-order valence-corrected chi connectivity index (χ3v) is 5.79. The molecule has 2 rings (SSSR count). The number of piperidine rings is 1. The van der Waals surface area contributed by atoms with E-state index in [0.717, 1.165) is 6.42 Å². The van der Waals surface area contributed by atoms with Gasteiger partial charge in [-0.3, -0.25) is 4.79 Å². The van der Waals surface area contributed by atoms with Crippen LogP contribution in [0.3, 0.4) is 0 Å². The Bertz CT molecular complexity index is 636. The third-order valence-electron chi connectivity index (χ3n) is 3.98. The Labute approximate surface area is 136 Å². The minimum absolute atomic E-state index is 0.0395. The fourth-order valence-electron chi connectivity index (χ4n) is 2.96. The molecule has 2 atom stereocenters. The van der Waals surface area contributed by atoms with Crippen LogP contribution in [-0.4, -0.2) is 44.0 Å². The molecule has 1 N–H and O–H groups in total.